The maximum Gasteiger partial charge on any atom is 0.321 e. The molecule has 0 aromatic rings. The van der Waals surface area contributed by atoms with Crippen molar-refractivity contribution in [3.05, 3.63) is 0 Å². The Morgan fingerprint density at radius 3 is 2.07 bits per heavy atom. The Morgan fingerprint density at radius 1 is 1.29 bits per heavy atom. The minimum absolute atomic E-state index is 0.668. The summed E-state index contributed by atoms with van der Waals surface area (Å²) in [5.41, 5.74) is 0. The summed E-state index contributed by atoms with van der Waals surface area (Å²) in [6, 6.07) is -1.42. The van der Waals surface area contributed by atoms with E-state index in [2.05, 4.69) is 5.32 Å². The van der Waals surface area contributed by atoms with Crippen molar-refractivity contribution >= 4 is 11.9 Å². The van der Waals surface area contributed by atoms with Crippen molar-refractivity contribution in [1.82, 2.24) is 5.32 Å². The number of hydrogen-bond donors (Lipinski definition) is 5. The van der Waals surface area contributed by atoms with Gasteiger partial charge in [0.05, 0.1) is 12.5 Å². The zero-order valence-electron chi connectivity index (χ0n) is 7.54. The van der Waals surface area contributed by atoms with Crippen molar-refractivity contribution in [2.24, 2.45) is 0 Å². The van der Waals surface area contributed by atoms with E-state index in [9.17, 15) is 9.59 Å². The number of rotatable bonds is 6. The number of aliphatic hydroxyl groups excluding tert-OH is 2. The van der Waals surface area contributed by atoms with Crippen LogP contribution >= 0.6 is 0 Å². The molecule has 0 aromatic carbocycles. The predicted molar refractivity (Wildman–Crippen MR) is 44.5 cm³/mol. The first-order valence-corrected chi connectivity index (χ1v) is 3.91. The highest BCUT2D eigenvalue weighted by Crippen LogP contribution is 1.97. The molecular formula is C7H13NO6. The summed E-state index contributed by atoms with van der Waals surface area (Å²) < 4.78 is 0. The van der Waals surface area contributed by atoms with Crippen molar-refractivity contribution < 1.29 is 30.0 Å². The average molecular weight is 207 g/mol. The number of hydrogen-bond acceptors (Lipinski definition) is 5. The summed E-state index contributed by atoms with van der Waals surface area (Å²) in [6.07, 6.45) is -3.31. The van der Waals surface area contributed by atoms with Gasteiger partial charge in [-0.2, -0.15) is 0 Å². The SMILES string of the molecule is CC(O)[C@H](O)N[C@@H](CC(=O)O)C(=O)O. The molecule has 0 heterocycles. The summed E-state index contributed by atoms with van der Waals surface area (Å²) >= 11 is 0. The van der Waals surface area contributed by atoms with Crippen LogP contribution in [0.3, 0.4) is 0 Å². The van der Waals surface area contributed by atoms with Gasteiger partial charge in [0.15, 0.2) is 0 Å². The fourth-order valence-corrected chi connectivity index (χ4v) is 0.738. The largest absolute Gasteiger partial charge is 0.481 e. The quantitative estimate of drug-likeness (QED) is 0.325. The van der Waals surface area contributed by atoms with E-state index >= 15 is 0 Å². The second-order valence-electron chi connectivity index (χ2n) is 2.84. The number of aliphatic carboxylic acids is 2. The van der Waals surface area contributed by atoms with E-state index in [0.717, 1.165) is 0 Å². The van der Waals surface area contributed by atoms with Crippen molar-refractivity contribution in [2.75, 3.05) is 0 Å². The molecule has 82 valence electrons. The van der Waals surface area contributed by atoms with Crippen molar-refractivity contribution in [3.8, 4) is 0 Å². The van der Waals surface area contributed by atoms with Gasteiger partial charge in [-0.1, -0.05) is 0 Å². The molecule has 0 rings (SSSR count). The third-order valence-electron chi connectivity index (χ3n) is 1.51. The van der Waals surface area contributed by atoms with Crippen molar-refractivity contribution in [1.29, 1.82) is 0 Å². The molecule has 14 heavy (non-hydrogen) atoms. The highest BCUT2D eigenvalue weighted by Gasteiger charge is 2.24. The lowest BCUT2D eigenvalue weighted by Crippen LogP contribution is -2.48. The highest BCUT2D eigenvalue weighted by molar-refractivity contribution is 5.80. The maximum absolute atomic E-state index is 10.5. The molecule has 0 bridgehead atoms. The molecule has 0 aliphatic rings. The van der Waals surface area contributed by atoms with Crippen molar-refractivity contribution in [3.63, 3.8) is 0 Å². The summed E-state index contributed by atoms with van der Waals surface area (Å²) in [5.74, 6) is -2.70. The number of carbonyl (C=O) groups is 2. The van der Waals surface area contributed by atoms with E-state index in [4.69, 9.17) is 20.4 Å². The van der Waals surface area contributed by atoms with Crippen LogP contribution in [0.25, 0.3) is 0 Å². The Bertz CT molecular complexity index is 216. The predicted octanol–water partition coefficient (Wildman–Crippen LogP) is -1.80. The van der Waals surface area contributed by atoms with Crippen LogP contribution in [0.15, 0.2) is 0 Å². The normalized spacial score (nSPS) is 17.1. The van der Waals surface area contributed by atoms with Gasteiger partial charge in [0, 0.05) is 0 Å². The van der Waals surface area contributed by atoms with Gasteiger partial charge >= 0.3 is 11.9 Å². The number of aliphatic hydroxyl groups is 2. The lowest BCUT2D eigenvalue weighted by Gasteiger charge is -2.19. The first-order chi connectivity index (χ1) is 6.34. The fraction of sp³-hybridized carbons (Fsp3) is 0.714. The van der Waals surface area contributed by atoms with Crippen LogP contribution in [-0.2, 0) is 9.59 Å². The Balaban J connectivity index is 4.23. The van der Waals surface area contributed by atoms with Crippen LogP contribution in [0.4, 0.5) is 0 Å². The molecule has 7 nitrogen and oxygen atoms in total. The second-order valence-corrected chi connectivity index (χ2v) is 2.84. The van der Waals surface area contributed by atoms with E-state index in [1.54, 1.807) is 0 Å². The Hall–Kier alpha value is -1.18. The number of carboxylic acids is 2. The van der Waals surface area contributed by atoms with E-state index in [0.29, 0.717) is 0 Å². The minimum atomic E-state index is -1.46. The van der Waals surface area contributed by atoms with Crippen LogP contribution < -0.4 is 5.32 Å². The Kier molecular flexibility index (Phi) is 5.06. The number of nitrogens with one attached hydrogen (secondary N) is 1. The molecule has 0 saturated heterocycles. The average Bonchev–Trinajstić information content (AvgIpc) is 2.01. The van der Waals surface area contributed by atoms with Gasteiger partial charge < -0.3 is 20.4 Å². The van der Waals surface area contributed by atoms with Crippen LogP contribution in [0.2, 0.25) is 0 Å². The van der Waals surface area contributed by atoms with Gasteiger partial charge in [-0.15, -0.1) is 0 Å². The molecule has 7 heteroatoms. The Morgan fingerprint density at radius 2 is 1.79 bits per heavy atom. The summed E-state index contributed by atoms with van der Waals surface area (Å²) in [4.78, 5) is 20.7. The zero-order valence-corrected chi connectivity index (χ0v) is 7.54. The molecular weight excluding hydrogens is 194 g/mol. The van der Waals surface area contributed by atoms with Gasteiger partial charge in [0.1, 0.15) is 12.3 Å². The highest BCUT2D eigenvalue weighted by atomic mass is 16.4. The van der Waals surface area contributed by atoms with E-state index < -0.39 is 36.7 Å². The smallest absolute Gasteiger partial charge is 0.321 e. The van der Waals surface area contributed by atoms with Crippen LogP contribution in [0, 0.1) is 0 Å². The third kappa shape index (κ3) is 4.75. The minimum Gasteiger partial charge on any atom is -0.481 e. The second kappa shape index (κ2) is 5.53. The van der Waals surface area contributed by atoms with Crippen LogP contribution in [0.5, 0.6) is 0 Å². The summed E-state index contributed by atoms with van der Waals surface area (Å²) in [7, 11) is 0. The Labute approximate surface area is 80.0 Å². The fourth-order valence-electron chi connectivity index (χ4n) is 0.738. The number of carboxylic acid groups (broad SMARTS) is 2. The molecule has 5 N–H and O–H groups in total. The lowest BCUT2D eigenvalue weighted by molar-refractivity contribution is -0.147. The van der Waals surface area contributed by atoms with Crippen LogP contribution in [0.1, 0.15) is 13.3 Å². The molecule has 1 unspecified atom stereocenters. The molecule has 0 aliphatic carbocycles. The third-order valence-corrected chi connectivity index (χ3v) is 1.51. The van der Waals surface area contributed by atoms with Gasteiger partial charge in [-0.05, 0) is 6.92 Å². The monoisotopic (exact) mass is 207 g/mol. The van der Waals surface area contributed by atoms with Gasteiger partial charge in [0.2, 0.25) is 0 Å². The first kappa shape index (κ1) is 12.8. The molecule has 0 saturated carbocycles. The molecule has 0 aliphatic heterocycles. The van der Waals surface area contributed by atoms with Gasteiger partial charge in [-0.25, -0.2) is 0 Å². The molecule has 0 spiro atoms. The van der Waals surface area contributed by atoms with Crippen molar-refractivity contribution in [2.45, 2.75) is 31.7 Å². The zero-order chi connectivity index (χ0) is 11.3. The summed E-state index contributed by atoms with van der Waals surface area (Å²) in [6.45, 7) is 1.25. The first-order valence-electron chi connectivity index (χ1n) is 3.91. The maximum atomic E-state index is 10.5. The van der Waals surface area contributed by atoms with E-state index in [-0.39, 0.29) is 0 Å². The topological polar surface area (TPSA) is 127 Å². The lowest BCUT2D eigenvalue weighted by atomic mass is 10.2. The molecule has 0 amide bonds. The molecule has 0 aromatic heterocycles. The molecule has 0 radical (unpaired) electrons. The molecule has 3 atom stereocenters. The van der Waals surface area contributed by atoms with E-state index in [1.165, 1.54) is 6.92 Å². The standard InChI is InChI=1S/C7H13NO6/c1-3(9)6(12)8-4(7(13)14)2-5(10)11/h3-4,6,8-9,12H,2H2,1H3,(H,10,11)(H,13,14)/t3?,4-,6-/m0/s1. The van der Waals surface area contributed by atoms with Gasteiger partial charge in [0.25, 0.3) is 0 Å². The molecule has 0 fully saturated rings. The van der Waals surface area contributed by atoms with Crippen LogP contribution in [-0.4, -0.2) is 50.7 Å². The van der Waals surface area contributed by atoms with Gasteiger partial charge in [-0.3, -0.25) is 14.9 Å². The summed E-state index contributed by atoms with van der Waals surface area (Å²) in [5, 5.41) is 36.8. The van der Waals surface area contributed by atoms with E-state index in [1.807, 2.05) is 0 Å².